The molecule has 0 fully saturated rings. The average Bonchev–Trinajstić information content (AvgIpc) is 3.23. The molecule has 5 nitrogen and oxygen atoms in total. The Bertz CT molecular complexity index is 1200. The van der Waals surface area contributed by atoms with Crippen molar-refractivity contribution in [1.82, 2.24) is 14.8 Å². The second kappa shape index (κ2) is 10.3. The largest absolute Gasteiger partial charge is 0.497 e. The first-order valence-corrected chi connectivity index (χ1v) is 11.7. The number of ether oxygens (including phenoxy) is 2. The molecular formula is C24H21Cl2N3O2S. The Morgan fingerprint density at radius 2 is 1.72 bits per heavy atom. The van der Waals surface area contributed by atoms with E-state index in [1.54, 1.807) is 24.9 Å². The van der Waals surface area contributed by atoms with Gasteiger partial charge < -0.3 is 9.47 Å². The van der Waals surface area contributed by atoms with E-state index >= 15 is 0 Å². The van der Waals surface area contributed by atoms with E-state index in [4.69, 9.17) is 32.7 Å². The quantitative estimate of drug-likeness (QED) is 0.251. The summed E-state index contributed by atoms with van der Waals surface area (Å²) in [7, 11) is 1.63. The molecule has 1 unspecified atom stereocenters. The van der Waals surface area contributed by atoms with Crippen LogP contribution in [0.25, 0.3) is 5.69 Å². The fourth-order valence-electron chi connectivity index (χ4n) is 3.17. The van der Waals surface area contributed by atoms with Gasteiger partial charge in [0, 0.05) is 27.6 Å². The standard InChI is InChI=1S/C24H21Cl2N3O2S/c1-16(31-21-10-6-9-20(14-21)30-2)23-27-28-24(29(23)19-7-4-3-5-8-19)32-15-17-11-12-18(25)13-22(17)26/h3-14,16H,15H2,1-2H3. The summed E-state index contributed by atoms with van der Waals surface area (Å²) >= 11 is 13.9. The van der Waals surface area contributed by atoms with Gasteiger partial charge in [0.15, 0.2) is 17.1 Å². The number of methoxy groups -OCH3 is 1. The van der Waals surface area contributed by atoms with Gasteiger partial charge in [0.05, 0.1) is 7.11 Å². The molecule has 0 bridgehead atoms. The predicted molar refractivity (Wildman–Crippen MR) is 129 cm³/mol. The number of rotatable bonds is 8. The van der Waals surface area contributed by atoms with Crippen LogP contribution in [0.5, 0.6) is 11.5 Å². The highest BCUT2D eigenvalue weighted by molar-refractivity contribution is 7.98. The summed E-state index contributed by atoms with van der Waals surface area (Å²) in [4.78, 5) is 0. The molecule has 0 aliphatic rings. The summed E-state index contributed by atoms with van der Waals surface area (Å²) in [5.74, 6) is 2.76. The minimum absolute atomic E-state index is 0.344. The van der Waals surface area contributed by atoms with Gasteiger partial charge in [-0.3, -0.25) is 4.57 Å². The van der Waals surface area contributed by atoms with Crippen LogP contribution in [0.1, 0.15) is 24.4 Å². The van der Waals surface area contributed by atoms with Crippen molar-refractivity contribution in [1.29, 1.82) is 0 Å². The third-order valence-corrected chi connectivity index (χ3v) is 6.33. The lowest BCUT2D eigenvalue weighted by Gasteiger charge is -2.17. The first-order chi connectivity index (χ1) is 15.5. The van der Waals surface area contributed by atoms with Gasteiger partial charge in [0.2, 0.25) is 0 Å². The van der Waals surface area contributed by atoms with E-state index in [1.165, 1.54) is 0 Å². The van der Waals surface area contributed by atoms with E-state index in [1.807, 2.05) is 78.2 Å². The summed E-state index contributed by atoms with van der Waals surface area (Å²) in [5.41, 5.74) is 1.93. The highest BCUT2D eigenvalue weighted by Gasteiger charge is 2.21. The second-order valence-electron chi connectivity index (χ2n) is 6.98. The van der Waals surface area contributed by atoms with Gasteiger partial charge >= 0.3 is 0 Å². The van der Waals surface area contributed by atoms with E-state index in [9.17, 15) is 0 Å². The second-order valence-corrected chi connectivity index (χ2v) is 8.76. The average molecular weight is 486 g/mol. The molecule has 0 aliphatic carbocycles. The monoisotopic (exact) mass is 485 g/mol. The molecule has 0 amide bonds. The van der Waals surface area contributed by atoms with E-state index in [0.717, 1.165) is 22.2 Å². The molecule has 0 N–H and O–H groups in total. The Kier molecular flexibility index (Phi) is 7.25. The lowest BCUT2D eigenvalue weighted by atomic mass is 10.2. The fourth-order valence-corrected chi connectivity index (χ4v) is 4.69. The van der Waals surface area contributed by atoms with Gasteiger partial charge in [-0.05, 0) is 48.9 Å². The molecule has 0 spiro atoms. The molecule has 3 aromatic carbocycles. The Labute approximate surface area is 201 Å². The minimum atomic E-state index is -0.344. The third-order valence-electron chi connectivity index (χ3n) is 4.76. The molecule has 32 heavy (non-hydrogen) atoms. The van der Waals surface area contributed by atoms with Crippen molar-refractivity contribution in [3.05, 3.63) is 94.2 Å². The molecule has 0 saturated heterocycles. The van der Waals surface area contributed by atoms with Gasteiger partial charge in [-0.25, -0.2) is 0 Å². The van der Waals surface area contributed by atoms with E-state index in [-0.39, 0.29) is 6.10 Å². The molecule has 164 valence electrons. The lowest BCUT2D eigenvalue weighted by molar-refractivity contribution is 0.212. The van der Waals surface area contributed by atoms with Crippen LogP contribution in [0, 0.1) is 0 Å². The van der Waals surface area contributed by atoms with Crippen molar-refractivity contribution in [3.8, 4) is 17.2 Å². The smallest absolute Gasteiger partial charge is 0.196 e. The highest BCUT2D eigenvalue weighted by atomic mass is 35.5. The fraction of sp³-hybridized carbons (Fsp3) is 0.167. The SMILES string of the molecule is COc1cccc(OC(C)c2nnc(SCc3ccc(Cl)cc3Cl)n2-c2ccccc2)c1. The number of halogens is 2. The molecule has 0 radical (unpaired) electrons. The van der Waals surface area contributed by atoms with E-state index in [2.05, 4.69) is 10.2 Å². The molecule has 0 aliphatic heterocycles. The molecule has 1 aromatic heterocycles. The maximum atomic E-state index is 6.35. The number of hydrogen-bond acceptors (Lipinski definition) is 5. The van der Waals surface area contributed by atoms with Crippen molar-refractivity contribution < 1.29 is 9.47 Å². The van der Waals surface area contributed by atoms with Crippen LogP contribution in [-0.2, 0) is 5.75 Å². The van der Waals surface area contributed by atoms with Crippen LogP contribution in [0.3, 0.4) is 0 Å². The number of hydrogen-bond donors (Lipinski definition) is 0. The predicted octanol–water partition coefficient (Wildman–Crippen LogP) is 7.02. The molecule has 0 saturated carbocycles. The Morgan fingerprint density at radius 1 is 0.938 bits per heavy atom. The Morgan fingerprint density at radius 3 is 2.47 bits per heavy atom. The van der Waals surface area contributed by atoms with Crippen molar-refractivity contribution in [2.24, 2.45) is 0 Å². The zero-order chi connectivity index (χ0) is 22.5. The van der Waals surface area contributed by atoms with Gasteiger partial charge in [-0.1, -0.05) is 65.3 Å². The topological polar surface area (TPSA) is 49.2 Å². The van der Waals surface area contributed by atoms with Crippen LogP contribution in [0.4, 0.5) is 0 Å². The number of nitrogens with zero attached hydrogens (tertiary/aromatic N) is 3. The van der Waals surface area contributed by atoms with Crippen molar-refractivity contribution in [2.75, 3.05) is 7.11 Å². The van der Waals surface area contributed by atoms with Crippen molar-refractivity contribution in [3.63, 3.8) is 0 Å². The van der Waals surface area contributed by atoms with Crippen molar-refractivity contribution >= 4 is 35.0 Å². The molecule has 8 heteroatoms. The minimum Gasteiger partial charge on any atom is -0.497 e. The summed E-state index contributed by atoms with van der Waals surface area (Å²) in [6, 6.07) is 23.0. The molecule has 1 atom stereocenters. The molecular weight excluding hydrogens is 465 g/mol. The van der Waals surface area contributed by atoms with Gasteiger partial charge in [0.25, 0.3) is 0 Å². The van der Waals surface area contributed by atoms with Gasteiger partial charge in [-0.15, -0.1) is 10.2 Å². The number of para-hydroxylation sites is 1. The number of benzene rings is 3. The first kappa shape index (κ1) is 22.5. The normalized spacial score (nSPS) is 11.9. The van der Waals surface area contributed by atoms with Crippen LogP contribution in [-0.4, -0.2) is 21.9 Å². The van der Waals surface area contributed by atoms with Gasteiger partial charge in [0.1, 0.15) is 11.5 Å². The number of thioether (sulfide) groups is 1. The van der Waals surface area contributed by atoms with Crippen LogP contribution < -0.4 is 9.47 Å². The van der Waals surface area contributed by atoms with Crippen LogP contribution in [0.2, 0.25) is 10.0 Å². The molecule has 4 aromatic rings. The Hall–Kier alpha value is -2.67. The third kappa shape index (κ3) is 5.21. The first-order valence-electron chi connectivity index (χ1n) is 9.93. The molecule has 4 rings (SSSR count). The lowest BCUT2D eigenvalue weighted by Crippen LogP contribution is -2.11. The van der Waals surface area contributed by atoms with Crippen LogP contribution in [0.15, 0.2) is 78.0 Å². The summed E-state index contributed by atoms with van der Waals surface area (Å²) in [6.07, 6.45) is -0.344. The highest BCUT2D eigenvalue weighted by Crippen LogP contribution is 2.32. The Balaban J connectivity index is 1.63. The van der Waals surface area contributed by atoms with Gasteiger partial charge in [-0.2, -0.15) is 0 Å². The van der Waals surface area contributed by atoms with E-state index in [0.29, 0.717) is 27.4 Å². The van der Waals surface area contributed by atoms with Crippen LogP contribution >= 0.6 is 35.0 Å². The van der Waals surface area contributed by atoms with Crippen molar-refractivity contribution in [2.45, 2.75) is 23.9 Å². The summed E-state index contributed by atoms with van der Waals surface area (Å²) in [6.45, 7) is 1.95. The summed E-state index contributed by atoms with van der Waals surface area (Å²) in [5, 5.41) is 10.9. The summed E-state index contributed by atoms with van der Waals surface area (Å²) < 4.78 is 13.5. The zero-order valence-electron chi connectivity index (χ0n) is 17.5. The van der Waals surface area contributed by atoms with E-state index < -0.39 is 0 Å². The zero-order valence-corrected chi connectivity index (χ0v) is 19.9. The molecule has 1 heterocycles. The maximum Gasteiger partial charge on any atom is 0.196 e. The number of aromatic nitrogens is 3. The maximum absolute atomic E-state index is 6.35.